The Morgan fingerprint density at radius 1 is 1.09 bits per heavy atom. The summed E-state index contributed by atoms with van der Waals surface area (Å²) in [5.41, 5.74) is 4.72. The van der Waals surface area contributed by atoms with Crippen LogP contribution in [0.15, 0.2) is 36.4 Å². The number of benzene rings is 1. The highest BCUT2D eigenvalue weighted by atomic mass is 19.4. The first-order chi connectivity index (χ1) is 21.1. The Bertz CT molecular complexity index is 1360. The van der Waals surface area contributed by atoms with Crippen LogP contribution in [0.2, 0.25) is 0 Å². The van der Waals surface area contributed by atoms with Crippen molar-refractivity contribution in [3.05, 3.63) is 58.9 Å². The number of carbonyl (C=O) groups is 4. The summed E-state index contributed by atoms with van der Waals surface area (Å²) < 4.78 is 42.5. The number of amides is 3. The Morgan fingerprint density at radius 3 is 2.13 bits per heavy atom. The van der Waals surface area contributed by atoms with Gasteiger partial charge in [0.2, 0.25) is 5.91 Å². The second-order valence-electron chi connectivity index (χ2n) is 11.2. The predicted octanol–water partition coefficient (Wildman–Crippen LogP) is 3.75. The molecule has 4 rings (SSSR count). The Morgan fingerprint density at radius 2 is 1.64 bits per heavy atom. The number of hydroxylamine groups is 1. The molecule has 1 aromatic carbocycles. The number of methoxy groups -OCH3 is 1. The normalized spacial score (nSPS) is 19.3. The van der Waals surface area contributed by atoms with Crippen LogP contribution in [-0.2, 0) is 31.1 Å². The molecule has 3 heterocycles. The van der Waals surface area contributed by atoms with Crippen molar-refractivity contribution in [1.82, 2.24) is 20.3 Å². The molecule has 15 heteroatoms. The number of pyridine rings is 1. The van der Waals surface area contributed by atoms with Crippen molar-refractivity contribution in [2.75, 3.05) is 26.7 Å². The molecule has 0 aliphatic carbocycles. The van der Waals surface area contributed by atoms with Crippen molar-refractivity contribution in [3.8, 4) is 5.75 Å². The molecule has 2 saturated heterocycles. The minimum Gasteiger partial charge on any atom is -0.489 e. The first-order valence-corrected chi connectivity index (χ1v) is 14.2. The topological polar surface area (TPSA) is 159 Å². The Hall–Kier alpha value is -4.40. The van der Waals surface area contributed by atoms with E-state index in [1.165, 1.54) is 7.11 Å². The van der Waals surface area contributed by atoms with Gasteiger partial charge in [-0.1, -0.05) is 12.1 Å². The molecule has 3 amide bonds. The summed E-state index contributed by atoms with van der Waals surface area (Å²) in [5, 5.41) is 16.6. The molecule has 2 aliphatic rings. The molecule has 2 aromatic rings. The number of piperidine rings is 1. The number of carboxylic acid groups (broad SMARTS) is 1. The fourth-order valence-electron chi connectivity index (χ4n) is 5.70. The summed E-state index contributed by atoms with van der Waals surface area (Å²) in [6.45, 7) is 7.45. The van der Waals surface area contributed by atoms with Gasteiger partial charge in [0, 0.05) is 31.0 Å². The van der Waals surface area contributed by atoms with Gasteiger partial charge >= 0.3 is 18.2 Å². The first-order valence-electron chi connectivity index (χ1n) is 14.2. The monoisotopic (exact) mass is 638 g/mol. The van der Waals surface area contributed by atoms with Crippen molar-refractivity contribution in [2.45, 2.75) is 64.3 Å². The lowest BCUT2D eigenvalue weighted by atomic mass is 9.80. The maximum absolute atomic E-state index is 13.8. The van der Waals surface area contributed by atoms with Crippen LogP contribution < -0.4 is 10.2 Å². The van der Waals surface area contributed by atoms with E-state index in [1.807, 2.05) is 57.2 Å². The molecule has 0 saturated carbocycles. The number of ether oxygens (including phenoxy) is 2. The SMILES string of the molecule is COC(=O)N1CCC([C@H](C(=O)NO)N2CCC(C)(c3ccc(OCc4cc(C)nc(C)c4)cc3)C2=O)CC1.O=C(O)C(F)(F)F. The van der Waals surface area contributed by atoms with Gasteiger partial charge in [-0.3, -0.25) is 19.8 Å². The van der Waals surface area contributed by atoms with E-state index in [0.717, 1.165) is 22.5 Å². The number of carbonyl (C=O) groups excluding carboxylic acids is 3. The molecule has 2 aliphatic heterocycles. The lowest BCUT2D eigenvalue weighted by Gasteiger charge is -2.38. The van der Waals surface area contributed by atoms with Crippen LogP contribution in [0.25, 0.3) is 0 Å². The molecule has 0 spiro atoms. The summed E-state index contributed by atoms with van der Waals surface area (Å²) in [4.78, 5) is 54.8. The van der Waals surface area contributed by atoms with E-state index < -0.39 is 35.6 Å². The molecule has 1 aromatic heterocycles. The van der Waals surface area contributed by atoms with Gasteiger partial charge in [-0.15, -0.1) is 0 Å². The molecule has 12 nitrogen and oxygen atoms in total. The second-order valence-corrected chi connectivity index (χ2v) is 11.2. The average Bonchev–Trinajstić information content (AvgIpc) is 3.30. The third-order valence-corrected chi connectivity index (χ3v) is 8.00. The summed E-state index contributed by atoms with van der Waals surface area (Å²) in [7, 11) is 1.33. The second kappa shape index (κ2) is 14.6. The van der Waals surface area contributed by atoms with Gasteiger partial charge in [-0.05, 0) is 81.3 Å². The Balaban J connectivity index is 0.000000707. The highest BCUT2D eigenvalue weighted by molar-refractivity contribution is 5.94. The third kappa shape index (κ3) is 8.62. The zero-order chi connectivity index (χ0) is 33.5. The molecule has 0 bridgehead atoms. The summed E-state index contributed by atoms with van der Waals surface area (Å²) >= 11 is 0. The number of hydrogen-bond donors (Lipinski definition) is 3. The van der Waals surface area contributed by atoms with E-state index >= 15 is 0 Å². The molecule has 1 unspecified atom stereocenters. The Labute approximate surface area is 258 Å². The van der Waals surface area contributed by atoms with Crippen LogP contribution in [0.1, 0.15) is 48.7 Å². The molecule has 2 fully saturated rings. The smallest absolute Gasteiger partial charge is 0.489 e. The number of aryl methyl sites for hydroxylation is 2. The summed E-state index contributed by atoms with van der Waals surface area (Å²) in [6.07, 6.45) is -3.90. The number of halogens is 3. The number of aliphatic carboxylic acids is 1. The molecule has 246 valence electrons. The number of carboxylic acids is 1. The molecular weight excluding hydrogens is 601 g/mol. The molecule has 45 heavy (non-hydrogen) atoms. The van der Waals surface area contributed by atoms with Crippen LogP contribution in [0, 0.1) is 19.8 Å². The first kappa shape index (κ1) is 35.1. The third-order valence-electron chi connectivity index (χ3n) is 8.00. The van der Waals surface area contributed by atoms with Crippen molar-refractivity contribution in [3.63, 3.8) is 0 Å². The van der Waals surface area contributed by atoms with Crippen LogP contribution in [0.4, 0.5) is 18.0 Å². The van der Waals surface area contributed by atoms with E-state index in [2.05, 4.69) is 4.98 Å². The average molecular weight is 639 g/mol. The van der Waals surface area contributed by atoms with E-state index in [1.54, 1.807) is 15.3 Å². The van der Waals surface area contributed by atoms with Gasteiger partial charge in [-0.25, -0.2) is 15.1 Å². The standard InChI is InChI=1S/C28H36N4O6.C2HF3O2/c1-18-15-20(16-19(2)29-18)17-38-23-7-5-22(6-8-23)28(3)11-14-32(26(28)34)24(25(33)30-36)21-9-12-31(13-10-21)27(35)37-4;3-2(4,5)1(6)7/h5-8,15-16,21,24,36H,9-14,17H2,1-4H3,(H,30,33);(H,6,7)/t24-,28?;/m1./s1. The number of nitrogens with zero attached hydrogens (tertiary/aromatic N) is 3. The fraction of sp³-hybridized carbons (Fsp3) is 0.500. The van der Waals surface area contributed by atoms with Gasteiger partial charge in [0.1, 0.15) is 18.4 Å². The maximum Gasteiger partial charge on any atom is 0.490 e. The van der Waals surface area contributed by atoms with Crippen molar-refractivity contribution >= 4 is 23.9 Å². The van der Waals surface area contributed by atoms with Crippen LogP contribution >= 0.6 is 0 Å². The zero-order valence-electron chi connectivity index (χ0n) is 25.4. The lowest BCUT2D eigenvalue weighted by Crippen LogP contribution is -2.55. The lowest BCUT2D eigenvalue weighted by molar-refractivity contribution is -0.192. The van der Waals surface area contributed by atoms with Gasteiger partial charge in [0.15, 0.2) is 0 Å². The fourth-order valence-corrected chi connectivity index (χ4v) is 5.70. The summed E-state index contributed by atoms with van der Waals surface area (Å²) in [6, 6.07) is 10.7. The molecule has 3 N–H and O–H groups in total. The van der Waals surface area contributed by atoms with Gasteiger partial charge in [0.25, 0.3) is 5.91 Å². The quantitative estimate of drug-likeness (QED) is 0.303. The summed E-state index contributed by atoms with van der Waals surface area (Å²) in [5.74, 6) is -3.01. The van der Waals surface area contributed by atoms with Crippen molar-refractivity contribution in [1.29, 1.82) is 0 Å². The number of rotatable bonds is 7. The maximum atomic E-state index is 13.8. The minimum absolute atomic E-state index is 0.155. The molecular formula is C30H37F3N4O8. The van der Waals surface area contributed by atoms with Crippen LogP contribution in [0.5, 0.6) is 5.75 Å². The number of likely N-dealkylation sites (tertiary alicyclic amines) is 2. The minimum atomic E-state index is -5.08. The van der Waals surface area contributed by atoms with Crippen molar-refractivity contribution < 1.29 is 52.1 Å². The van der Waals surface area contributed by atoms with Crippen LogP contribution in [0.3, 0.4) is 0 Å². The Kier molecular flexibility index (Phi) is 11.4. The highest BCUT2D eigenvalue weighted by Crippen LogP contribution is 2.39. The van der Waals surface area contributed by atoms with E-state index in [-0.39, 0.29) is 11.8 Å². The van der Waals surface area contributed by atoms with Gasteiger partial charge in [-0.2, -0.15) is 13.2 Å². The molecule has 0 radical (unpaired) electrons. The van der Waals surface area contributed by atoms with Gasteiger partial charge in [0.05, 0.1) is 12.5 Å². The number of hydrogen-bond acceptors (Lipinski definition) is 8. The van der Waals surface area contributed by atoms with E-state index in [0.29, 0.717) is 51.3 Å². The number of aromatic nitrogens is 1. The predicted molar refractivity (Wildman–Crippen MR) is 152 cm³/mol. The van der Waals surface area contributed by atoms with Crippen LogP contribution in [-0.4, -0.2) is 87.9 Å². The molecule has 2 atom stereocenters. The van der Waals surface area contributed by atoms with E-state index in [4.69, 9.17) is 19.4 Å². The van der Waals surface area contributed by atoms with E-state index in [9.17, 15) is 32.8 Å². The van der Waals surface area contributed by atoms with Gasteiger partial charge < -0.3 is 24.4 Å². The largest absolute Gasteiger partial charge is 0.490 e. The van der Waals surface area contributed by atoms with Crippen molar-refractivity contribution in [2.24, 2.45) is 5.92 Å². The highest BCUT2D eigenvalue weighted by Gasteiger charge is 2.50. The number of alkyl halides is 3. The number of nitrogens with one attached hydrogen (secondary N) is 1. The zero-order valence-corrected chi connectivity index (χ0v) is 25.4.